The van der Waals surface area contributed by atoms with Crippen LogP contribution in [0.5, 0.6) is 0 Å². The van der Waals surface area contributed by atoms with Crippen LogP contribution in [-0.2, 0) is 30.7 Å². The van der Waals surface area contributed by atoms with E-state index >= 15 is 4.39 Å². The number of likely N-dealkylation sites (tertiary alicyclic amines) is 1. The molecule has 1 fully saturated rings. The van der Waals surface area contributed by atoms with Crippen molar-refractivity contribution in [2.75, 3.05) is 37.7 Å². The lowest BCUT2D eigenvalue weighted by Crippen LogP contribution is -2.66. The number of rotatable bonds is 11. The van der Waals surface area contributed by atoms with Gasteiger partial charge in [0.15, 0.2) is 5.67 Å². The molecule has 1 aromatic heterocycles. The van der Waals surface area contributed by atoms with E-state index in [1.807, 2.05) is 18.7 Å². The highest BCUT2D eigenvalue weighted by Gasteiger charge is 2.50. The average Bonchev–Trinajstić information content (AvgIpc) is 3.35. The highest BCUT2D eigenvalue weighted by Crippen LogP contribution is 2.42. The van der Waals surface area contributed by atoms with Gasteiger partial charge in [-0.3, -0.25) is 4.90 Å². The van der Waals surface area contributed by atoms with Gasteiger partial charge in [-0.05, 0) is 59.9 Å². The number of aryl methyl sites for hydroxylation is 1. The Labute approximate surface area is 258 Å². The van der Waals surface area contributed by atoms with Crippen LogP contribution in [0.2, 0.25) is 0 Å². The van der Waals surface area contributed by atoms with Gasteiger partial charge in [-0.25, -0.2) is 4.39 Å². The Morgan fingerprint density at radius 1 is 0.957 bits per heavy atom. The number of hydrogen-bond acceptors (Lipinski definition) is 6. The van der Waals surface area contributed by atoms with Crippen LogP contribution in [-0.4, -0.2) is 75.8 Å². The predicted octanol–water partition coefficient (Wildman–Crippen LogP) is 6.77. The van der Waals surface area contributed by atoms with Crippen molar-refractivity contribution < 1.29 is 48.6 Å². The predicted molar refractivity (Wildman–Crippen MR) is 147 cm³/mol. The zero-order valence-electron chi connectivity index (χ0n) is 25.4. The molecule has 0 bridgehead atoms. The summed E-state index contributed by atoms with van der Waals surface area (Å²) >= 11 is 0. The van der Waals surface area contributed by atoms with Gasteiger partial charge in [0.2, 0.25) is 0 Å². The van der Waals surface area contributed by atoms with Crippen LogP contribution in [0.4, 0.5) is 49.9 Å². The maximum absolute atomic E-state index is 15.2. The lowest BCUT2D eigenvalue weighted by atomic mass is 9.75. The Balaban J connectivity index is 1.74. The van der Waals surface area contributed by atoms with Crippen molar-refractivity contribution in [3.05, 3.63) is 58.2 Å². The summed E-state index contributed by atoms with van der Waals surface area (Å²) in [6.07, 6.45) is -13.1. The summed E-state index contributed by atoms with van der Waals surface area (Å²) in [6, 6.07) is 0.626. The molecule has 1 saturated heterocycles. The normalized spacial score (nSPS) is 19.9. The van der Waals surface area contributed by atoms with E-state index in [9.17, 15) is 39.5 Å². The third-order valence-corrected chi connectivity index (χ3v) is 7.97. The fourth-order valence-corrected chi connectivity index (χ4v) is 6.05. The third kappa shape index (κ3) is 8.38. The van der Waals surface area contributed by atoms with Crippen LogP contribution in [0.25, 0.3) is 0 Å². The van der Waals surface area contributed by atoms with Gasteiger partial charge in [0.05, 0.1) is 30.4 Å². The van der Waals surface area contributed by atoms with Gasteiger partial charge >= 0.3 is 18.5 Å². The fourth-order valence-electron chi connectivity index (χ4n) is 6.05. The number of hydrogen-bond donors (Lipinski definition) is 0. The van der Waals surface area contributed by atoms with Crippen LogP contribution in [0.3, 0.4) is 0 Å². The van der Waals surface area contributed by atoms with E-state index in [-0.39, 0.29) is 49.6 Å². The first-order valence-electron chi connectivity index (χ1n) is 14.5. The van der Waals surface area contributed by atoms with Gasteiger partial charge in [0.25, 0.3) is 5.95 Å². The first-order valence-corrected chi connectivity index (χ1v) is 14.5. The molecule has 0 N–H and O–H groups in total. The van der Waals surface area contributed by atoms with E-state index in [1.54, 1.807) is 6.92 Å². The van der Waals surface area contributed by atoms with Crippen molar-refractivity contribution in [3.63, 3.8) is 0 Å². The Kier molecular flexibility index (Phi) is 10.2. The van der Waals surface area contributed by atoms with Gasteiger partial charge in [0, 0.05) is 44.7 Å². The summed E-state index contributed by atoms with van der Waals surface area (Å²) < 4.78 is 144. The highest BCUT2D eigenvalue weighted by atomic mass is 19.4. The van der Waals surface area contributed by atoms with Crippen LogP contribution in [0.15, 0.2) is 41.5 Å². The summed E-state index contributed by atoms with van der Waals surface area (Å²) in [5.41, 5.74) is -5.90. The van der Waals surface area contributed by atoms with Crippen LogP contribution in [0, 0.1) is 11.8 Å². The topological polar surface area (TPSA) is 59.3 Å². The van der Waals surface area contributed by atoms with Crippen molar-refractivity contribution in [3.8, 4) is 0 Å². The van der Waals surface area contributed by atoms with Crippen LogP contribution in [0.1, 0.15) is 43.9 Å². The molecular formula is C29H34F10N6O. The van der Waals surface area contributed by atoms with Gasteiger partial charge < -0.3 is 9.64 Å². The molecule has 0 spiro atoms. The average molecular weight is 673 g/mol. The molecule has 1 aromatic carbocycles. The van der Waals surface area contributed by atoms with Gasteiger partial charge in [-0.15, -0.1) is 5.10 Å². The molecule has 4 rings (SSSR count). The second kappa shape index (κ2) is 13.1. The van der Waals surface area contributed by atoms with Gasteiger partial charge in [0.1, 0.15) is 0 Å². The SMILES string of the molecule is CCOCC1(F)CN(C(C(C)C)C2CC=C(C(F)(F)F)C=C2CN(Cc2cc(C(F)(F)F)cc(C(F)(F)F)c2)c2nnn(C)n2)C1. The number of nitrogens with zero attached hydrogens (tertiary/aromatic N) is 6. The number of anilines is 1. The monoisotopic (exact) mass is 672 g/mol. The summed E-state index contributed by atoms with van der Waals surface area (Å²) in [4.78, 5) is 4.00. The minimum absolute atomic E-state index is 0.00867. The first-order chi connectivity index (χ1) is 21.2. The first kappa shape index (κ1) is 35.6. The molecular weight excluding hydrogens is 638 g/mol. The van der Waals surface area contributed by atoms with Crippen molar-refractivity contribution in [1.29, 1.82) is 0 Å². The lowest BCUT2D eigenvalue weighted by Gasteiger charge is -2.52. The molecule has 1 aliphatic carbocycles. The van der Waals surface area contributed by atoms with E-state index in [1.165, 1.54) is 11.9 Å². The summed E-state index contributed by atoms with van der Waals surface area (Å²) in [6.45, 7) is 4.53. The Morgan fingerprint density at radius 2 is 1.57 bits per heavy atom. The smallest absolute Gasteiger partial charge is 0.378 e. The van der Waals surface area contributed by atoms with E-state index < -0.39 is 71.5 Å². The molecule has 2 heterocycles. The zero-order chi connectivity index (χ0) is 34.2. The third-order valence-electron chi connectivity index (χ3n) is 7.97. The maximum Gasteiger partial charge on any atom is 0.416 e. The lowest BCUT2D eigenvalue weighted by molar-refractivity contribution is -0.143. The molecule has 0 radical (unpaired) electrons. The number of tetrazole rings is 1. The summed E-state index contributed by atoms with van der Waals surface area (Å²) in [7, 11) is 1.37. The number of ether oxygens (including phenoxy) is 1. The van der Waals surface area contributed by atoms with E-state index in [0.29, 0.717) is 18.7 Å². The molecule has 0 amide bonds. The van der Waals surface area contributed by atoms with E-state index in [4.69, 9.17) is 4.74 Å². The van der Waals surface area contributed by atoms with E-state index in [2.05, 4.69) is 15.4 Å². The van der Waals surface area contributed by atoms with Crippen molar-refractivity contribution in [2.45, 2.75) is 64.0 Å². The molecule has 0 saturated carbocycles. The van der Waals surface area contributed by atoms with Crippen LogP contribution < -0.4 is 4.90 Å². The zero-order valence-corrected chi connectivity index (χ0v) is 25.4. The number of allylic oxidation sites excluding steroid dienone is 3. The number of halogens is 10. The molecule has 2 atom stereocenters. The van der Waals surface area contributed by atoms with E-state index in [0.717, 1.165) is 16.9 Å². The Hall–Kier alpha value is -3.21. The fraction of sp³-hybridized carbons (Fsp3) is 0.621. The second-order valence-electron chi connectivity index (χ2n) is 12.0. The minimum atomic E-state index is -5.11. The number of aromatic nitrogens is 4. The van der Waals surface area contributed by atoms with Crippen molar-refractivity contribution in [1.82, 2.24) is 25.1 Å². The number of alkyl halides is 10. The maximum atomic E-state index is 15.2. The Bertz CT molecular complexity index is 1390. The molecule has 1 aliphatic heterocycles. The molecule has 2 aromatic rings. The molecule has 2 aliphatic rings. The molecule has 46 heavy (non-hydrogen) atoms. The van der Waals surface area contributed by atoms with Crippen molar-refractivity contribution >= 4 is 5.95 Å². The summed E-state index contributed by atoms with van der Waals surface area (Å²) in [5, 5.41) is 11.6. The van der Waals surface area contributed by atoms with Crippen LogP contribution >= 0.6 is 0 Å². The van der Waals surface area contributed by atoms with Gasteiger partial charge in [-0.1, -0.05) is 25.0 Å². The molecule has 256 valence electrons. The minimum Gasteiger partial charge on any atom is -0.378 e. The van der Waals surface area contributed by atoms with Gasteiger partial charge in [-0.2, -0.15) is 44.3 Å². The molecule has 2 unspecified atom stereocenters. The van der Waals surface area contributed by atoms with Crippen molar-refractivity contribution in [2.24, 2.45) is 18.9 Å². The molecule has 17 heteroatoms. The largest absolute Gasteiger partial charge is 0.416 e. The number of benzene rings is 1. The molecule has 7 nitrogen and oxygen atoms in total. The quantitative estimate of drug-likeness (QED) is 0.246. The standard InChI is InChI=1S/C29H34F10N6O/c1-5-46-16-26(30)14-45(15-26)24(17(2)3)23-7-6-20(27(31,32)33)10-19(23)13-44(25-40-42-43(4)41-25)12-18-8-21(28(34,35)36)11-22(9-18)29(37,38)39/h6,8-11,17,23-24H,5,7,12-16H2,1-4H3. The second-order valence-corrected chi connectivity index (χ2v) is 12.0. The highest BCUT2D eigenvalue weighted by molar-refractivity contribution is 5.42. The summed E-state index contributed by atoms with van der Waals surface area (Å²) in [5.74, 6) is -1.01. The Morgan fingerprint density at radius 3 is 2.04 bits per heavy atom.